The average Bonchev–Trinajstić information content (AvgIpc) is 3.17. The van der Waals surface area contributed by atoms with Crippen LogP contribution in [-0.2, 0) is 12.8 Å². The molecule has 148 valence electrons. The zero-order valence-corrected chi connectivity index (χ0v) is 16.3. The maximum Gasteiger partial charge on any atom is 0.257 e. The molecule has 0 saturated heterocycles. The summed E-state index contributed by atoms with van der Waals surface area (Å²) in [6.45, 7) is 2.26. The third-order valence-corrected chi connectivity index (χ3v) is 6.06. The molecule has 1 aliphatic carbocycles. The molecule has 3 heterocycles. The predicted octanol–water partition coefficient (Wildman–Crippen LogP) is 2.87. The van der Waals surface area contributed by atoms with E-state index in [2.05, 4.69) is 37.4 Å². The molecule has 2 aromatic heterocycles. The highest BCUT2D eigenvalue weighted by Crippen LogP contribution is 2.28. The topological polar surface area (TPSA) is 75.9 Å². The van der Waals surface area contributed by atoms with E-state index in [-0.39, 0.29) is 5.91 Å². The van der Waals surface area contributed by atoms with E-state index in [1.807, 2.05) is 6.07 Å². The van der Waals surface area contributed by atoms with Crippen molar-refractivity contribution in [1.82, 2.24) is 24.6 Å². The van der Waals surface area contributed by atoms with Crippen molar-refractivity contribution in [3.8, 4) is 5.82 Å². The van der Waals surface area contributed by atoms with Crippen molar-refractivity contribution >= 4 is 11.6 Å². The molecule has 0 radical (unpaired) electrons. The summed E-state index contributed by atoms with van der Waals surface area (Å²) in [6, 6.07) is 10.6. The highest BCUT2D eigenvalue weighted by molar-refractivity contribution is 6.04. The number of nitrogens with one attached hydrogen (secondary N) is 1. The molecule has 3 aromatic rings. The fraction of sp³-hybridized carbons (Fsp3) is 0.364. The van der Waals surface area contributed by atoms with Crippen LogP contribution in [0.25, 0.3) is 5.82 Å². The second-order valence-corrected chi connectivity index (χ2v) is 7.80. The summed E-state index contributed by atoms with van der Waals surface area (Å²) in [5.41, 5.74) is 4.11. The van der Waals surface area contributed by atoms with Gasteiger partial charge >= 0.3 is 0 Å². The highest BCUT2D eigenvalue weighted by Gasteiger charge is 2.26. The highest BCUT2D eigenvalue weighted by atomic mass is 16.1. The summed E-state index contributed by atoms with van der Waals surface area (Å²) in [6.07, 6.45) is 10.8. The van der Waals surface area contributed by atoms with Crippen LogP contribution >= 0.6 is 0 Å². The zero-order chi connectivity index (χ0) is 19.6. The smallest absolute Gasteiger partial charge is 0.257 e. The van der Waals surface area contributed by atoms with Crippen LogP contribution in [0, 0.1) is 0 Å². The summed E-state index contributed by atoms with van der Waals surface area (Å²) in [7, 11) is 0. The molecule has 2 aliphatic rings. The molecule has 7 nitrogen and oxygen atoms in total. The number of nitrogens with zero attached hydrogens (tertiary/aromatic N) is 5. The molecule has 0 atom stereocenters. The number of amides is 1. The van der Waals surface area contributed by atoms with Crippen LogP contribution in [0.3, 0.4) is 0 Å². The van der Waals surface area contributed by atoms with Crippen LogP contribution in [0.5, 0.6) is 0 Å². The maximum absolute atomic E-state index is 12.6. The number of rotatable bonds is 4. The Morgan fingerprint density at radius 2 is 1.93 bits per heavy atom. The number of carbonyl (C=O) groups is 1. The van der Waals surface area contributed by atoms with Gasteiger partial charge in [0.25, 0.3) is 5.91 Å². The molecule has 0 bridgehead atoms. The molecule has 1 fully saturated rings. The Labute approximate surface area is 169 Å². The Bertz CT molecular complexity index is 995. The van der Waals surface area contributed by atoms with E-state index in [1.165, 1.54) is 36.7 Å². The zero-order valence-electron chi connectivity index (χ0n) is 16.3. The van der Waals surface area contributed by atoms with Gasteiger partial charge in [-0.2, -0.15) is 5.10 Å². The molecule has 29 heavy (non-hydrogen) atoms. The second-order valence-electron chi connectivity index (χ2n) is 7.80. The fourth-order valence-corrected chi connectivity index (χ4v) is 4.12. The van der Waals surface area contributed by atoms with Crippen LogP contribution in [0.1, 0.15) is 40.7 Å². The van der Waals surface area contributed by atoms with E-state index in [9.17, 15) is 4.79 Å². The fourth-order valence-electron chi connectivity index (χ4n) is 4.12. The first kappa shape index (κ1) is 18.0. The Morgan fingerprint density at radius 3 is 2.62 bits per heavy atom. The lowest BCUT2D eigenvalue weighted by Crippen LogP contribution is -2.41. The van der Waals surface area contributed by atoms with E-state index in [0.29, 0.717) is 11.4 Å². The van der Waals surface area contributed by atoms with E-state index in [4.69, 9.17) is 0 Å². The quantitative estimate of drug-likeness (QED) is 0.744. The largest absolute Gasteiger partial charge is 0.322 e. The average molecular weight is 388 g/mol. The van der Waals surface area contributed by atoms with Crippen LogP contribution < -0.4 is 5.32 Å². The monoisotopic (exact) mass is 388 g/mol. The van der Waals surface area contributed by atoms with E-state index < -0.39 is 0 Å². The number of hydrogen-bond acceptors (Lipinski definition) is 5. The molecule has 1 saturated carbocycles. The third kappa shape index (κ3) is 3.78. The van der Waals surface area contributed by atoms with Gasteiger partial charge in [-0.1, -0.05) is 12.5 Å². The van der Waals surface area contributed by atoms with Gasteiger partial charge in [0.2, 0.25) is 0 Å². The first-order valence-corrected chi connectivity index (χ1v) is 10.2. The summed E-state index contributed by atoms with van der Waals surface area (Å²) >= 11 is 0. The Balaban J connectivity index is 1.26. The normalized spacial score (nSPS) is 17.2. The molecule has 1 amide bonds. The van der Waals surface area contributed by atoms with Gasteiger partial charge in [-0.15, -0.1) is 0 Å². The molecule has 7 heteroatoms. The van der Waals surface area contributed by atoms with E-state index in [0.717, 1.165) is 37.7 Å². The number of hydrogen-bond donors (Lipinski definition) is 1. The maximum atomic E-state index is 12.6. The van der Waals surface area contributed by atoms with Gasteiger partial charge in [-0.25, -0.2) is 14.6 Å². The van der Waals surface area contributed by atoms with E-state index in [1.54, 1.807) is 29.3 Å². The number of benzene rings is 1. The molecule has 1 aromatic carbocycles. The van der Waals surface area contributed by atoms with Crippen LogP contribution in [0.15, 0.2) is 49.2 Å². The summed E-state index contributed by atoms with van der Waals surface area (Å²) in [5, 5.41) is 7.05. The van der Waals surface area contributed by atoms with Crippen molar-refractivity contribution in [1.29, 1.82) is 0 Å². The van der Waals surface area contributed by atoms with Gasteiger partial charge in [0, 0.05) is 31.0 Å². The van der Waals surface area contributed by atoms with Gasteiger partial charge in [-0.3, -0.25) is 9.69 Å². The lowest BCUT2D eigenvalue weighted by Gasteiger charge is -2.36. The van der Waals surface area contributed by atoms with Crippen molar-refractivity contribution in [3.05, 3.63) is 65.9 Å². The SMILES string of the molecule is O=C(Nc1ccc2c(c1)CCN(C1CCC1)CC2)c1ccc(-n2cncn2)nc1. The molecular formula is C22H24N6O. The number of fused-ring (bicyclic) bond motifs is 1. The minimum atomic E-state index is -0.160. The summed E-state index contributed by atoms with van der Waals surface area (Å²) in [4.78, 5) is 23.5. The molecule has 0 unspecified atom stereocenters. The van der Waals surface area contributed by atoms with Crippen LogP contribution in [0.2, 0.25) is 0 Å². The van der Waals surface area contributed by atoms with Gasteiger partial charge in [0.1, 0.15) is 12.7 Å². The Morgan fingerprint density at radius 1 is 1.07 bits per heavy atom. The lowest BCUT2D eigenvalue weighted by atomic mass is 9.91. The third-order valence-electron chi connectivity index (χ3n) is 6.06. The molecule has 0 spiro atoms. The van der Waals surface area contributed by atoms with Crippen molar-refractivity contribution in [2.75, 3.05) is 18.4 Å². The van der Waals surface area contributed by atoms with Crippen molar-refractivity contribution < 1.29 is 4.79 Å². The molecular weight excluding hydrogens is 364 g/mol. The van der Waals surface area contributed by atoms with Crippen molar-refractivity contribution in [2.24, 2.45) is 0 Å². The van der Waals surface area contributed by atoms with Gasteiger partial charge < -0.3 is 5.32 Å². The number of aromatic nitrogens is 4. The number of pyridine rings is 1. The van der Waals surface area contributed by atoms with Gasteiger partial charge in [0.05, 0.1) is 5.56 Å². The minimum absolute atomic E-state index is 0.160. The first-order chi connectivity index (χ1) is 14.3. The Kier molecular flexibility index (Phi) is 4.81. The predicted molar refractivity (Wildman–Crippen MR) is 110 cm³/mol. The minimum Gasteiger partial charge on any atom is -0.322 e. The summed E-state index contributed by atoms with van der Waals surface area (Å²) < 4.78 is 1.56. The van der Waals surface area contributed by atoms with Crippen LogP contribution in [-0.4, -0.2) is 49.7 Å². The first-order valence-electron chi connectivity index (χ1n) is 10.2. The second kappa shape index (κ2) is 7.75. The van der Waals surface area contributed by atoms with E-state index >= 15 is 0 Å². The molecule has 5 rings (SSSR count). The lowest BCUT2D eigenvalue weighted by molar-refractivity contribution is 0.102. The number of anilines is 1. The van der Waals surface area contributed by atoms with Crippen molar-refractivity contribution in [3.63, 3.8) is 0 Å². The van der Waals surface area contributed by atoms with Crippen LogP contribution in [0.4, 0.5) is 5.69 Å². The molecule has 1 aliphatic heterocycles. The summed E-state index contributed by atoms with van der Waals surface area (Å²) in [5.74, 6) is 0.465. The van der Waals surface area contributed by atoms with Gasteiger partial charge in [0.15, 0.2) is 5.82 Å². The number of carbonyl (C=O) groups excluding carboxylic acids is 1. The van der Waals surface area contributed by atoms with Gasteiger partial charge in [-0.05, 0) is 61.1 Å². The van der Waals surface area contributed by atoms with Crippen molar-refractivity contribution in [2.45, 2.75) is 38.1 Å². The molecule has 1 N–H and O–H groups in total. The standard InChI is InChI=1S/C22H24N6O/c29-22(18-5-7-21(24-13-18)28-15-23-14-25-28)26-19-6-4-16-8-10-27(20-2-1-3-20)11-9-17(16)12-19/h4-7,12-15,20H,1-3,8-11H2,(H,26,29). The Hall–Kier alpha value is -3.06.